The van der Waals surface area contributed by atoms with E-state index in [0.29, 0.717) is 47.0 Å². The second-order valence-corrected chi connectivity index (χ2v) is 7.67. The van der Waals surface area contributed by atoms with Gasteiger partial charge in [0.1, 0.15) is 17.4 Å². The summed E-state index contributed by atoms with van der Waals surface area (Å²) in [4.78, 5) is 20.3. The van der Waals surface area contributed by atoms with Crippen molar-refractivity contribution in [3.63, 3.8) is 0 Å². The predicted molar refractivity (Wildman–Crippen MR) is 118 cm³/mol. The van der Waals surface area contributed by atoms with Gasteiger partial charge in [-0.05, 0) is 63.4 Å². The minimum atomic E-state index is 0.428. The molecule has 0 amide bonds. The molecule has 4 rings (SSSR count). The third-order valence-electron chi connectivity index (χ3n) is 5.35. The zero-order chi connectivity index (χ0) is 21.8. The molecule has 8 nitrogen and oxygen atoms in total. The van der Waals surface area contributed by atoms with Crippen molar-refractivity contribution in [2.75, 3.05) is 18.0 Å². The Morgan fingerprint density at radius 3 is 2.71 bits per heavy atom. The van der Waals surface area contributed by atoms with E-state index < -0.39 is 0 Å². The predicted octanol–water partition coefficient (Wildman–Crippen LogP) is 3.40. The van der Waals surface area contributed by atoms with E-state index >= 15 is 0 Å². The van der Waals surface area contributed by atoms with Crippen LogP contribution >= 0.6 is 0 Å². The SMILES string of the molecule is Cc1nc(Oc2cc(C#N)ccc2-c2ncc(CCN)cn2)cc(N2CCC[C@H]2C)n1. The molecule has 1 atom stereocenters. The molecule has 1 saturated heterocycles. The van der Waals surface area contributed by atoms with Crippen LogP contribution in [0.25, 0.3) is 11.4 Å². The number of nitrogens with two attached hydrogens (primary N) is 1. The average molecular weight is 416 g/mol. The van der Waals surface area contributed by atoms with Gasteiger partial charge in [0.15, 0.2) is 5.82 Å². The highest BCUT2D eigenvalue weighted by Crippen LogP contribution is 2.33. The molecular weight excluding hydrogens is 390 g/mol. The lowest BCUT2D eigenvalue weighted by molar-refractivity contribution is 0.460. The Morgan fingerprint density at radius 1 is 1.23 bits per heavy atom. The molecule has 2 N–H and O–H groups in total. The van der Waals surface area contributed by atoms with Gasteiger partial charge in [-0.2, -0.15) is 10.2 Å². The van der Waals surface area contributed by atoms with E-state index in [0.717, 1.165) is 37.2 Å². The fourth-order valence-electron chi connectivity index (χ4n) is 3.76. The van der Waals surface area contributed by atoms with Crippen LogP contribution in [0, 0.1) is 18.3 Å². The van der Waals surface area contributed by atoms with Crippen molar-refractivity contribution < 1.29 is 4.74 Å². The number of nitriles is 1. The molecule has 0 unspecified atom stereocenters. The largest absolute Gasteiger partial charge is 0.438 e. The minimum Gasteiger partial charge on any atom is -0.438 e. The smallest absolute Gasteiger partial charge is 0.224 e. The lowest BCUT2D eigenvalue weighted by Crippen LogP contribution is -2.27. The van der Waals surface area contributed by atoms with Crippen LogP contribution in [-0.2, 0) is 6.42 Å². The van der Waals surface area contributed by atoms with Crippen LogP contribution in [0.1, 0.15) is 36.7 Å². The Morgan fingerprint density at radius 2 is 2.03 bits per heavy atom. The monoisotopic (exact) mass is 415 g/mol. The maximum absolute atomic E-state index is 9.37. The first kappa shape index (κ1) is 20.7. The van der Waals surface area contributed by atoms with E-state index in [1.165, 1.54) is 0 Å². The number of rotatable bonds is 6. The van der Waals surface area contributed by atoms with Crippen molar-refractivity contribution in [2.24, 2.45) is 5.73 Å². The fraction of sp³-hybridized carbons (Fsp3) is 0.348. The molecule has 0 radical (unpaired) electrons. The highest BCUT2D eigenvalue weighted by molar-refractivity contribution is 5.66. The maximum atomic E-state index is 9.37. The van der Waals surface area contributed by atoms with Crippen LogP contribution in [0.4, 0.5) is 5.82 Å². The quantitative estimate of drug-likeness (QED) is 0.651. The Labute approximate surface area is 181 Å². The van der Waals surface area contributed by atoms with Crippen molar-refractivity contribution in [1.82, 2.24) is 19.9 Å². The number of aromatic nitrogens is 4. The molecule has 0 aliphatic carbocycles. The summed E-state index contributed by atoms with van der Waals surface area (Å²) >= 11 is 0. The first-order valence-electron chi connectivity index (χ1n) is 10.4. The topological polar surface area (TPSA) is 114 Å². The molecule has 158 valence electrons. The average Bonchev–Trinajstić information content (AvgIpc) is 3.20. The van der Waals surface area contributed by atoms with Crippen molar-refractivity contribution >= 4 is 5.82 Å². The van der Waals surface area contributed by atoms with Crippen LogP contribution < -0.4 is 15.4 Å². The van der Waals surface area contributed by atoms with Crippen LogP contribution in [0.5, 0.6) is 11.6 Å². The third-order valence-corrected chi connectivity index (χ3v) is 5.35. The summed E-state index contributed by atoms with van der Waals surface area (Å²) < 4.78 is 6.17. The molecule has 0 saturated carbocycles. The Balaban J connectivity index is 1.69. The van der Waals surface area contributed by atoms with E-state index in [2.05, 4.69) is 37.8 Å². The first-order chi connectivity index (χ1) is 15.1. The van der Waals surface area contributed by atoms with Crippen molar-refractivity contribution in [3.05, 3.63) is 53.6 Å². The van der Waals surface area contributed by atoms with E-state index in [1.54, 1.807) is 30.6 Å². The highest BCUT2D eigenvalue weighted by Gasteiger charge is 2.23. The van der Waals surface area contributed by atoms with Crippen LogP contribution in [-0.4, -0.2) is 39.1 Å². The molecule has 8 heteroatoms. The van der Waals surface area contributed by atoms with E-state index in [1.807, 2.05) is 13.0 Å². The summed E-state index contributed by atoms with van der Waals surface area (Å²) in [5.74, 6) is 2.90. The lowest BCUT2D eigenvalue weighted by Gasteiger charge is -2.23. The summed E-state index contributed by atoms with van der Waals surface area (Å²) in [7, 11) is 0. The molecule has 31 heavy (non-hydrogen) atoms. The zero-order valence-corrected chi connectivity index (χ0v) is 17.7. The summed E-state index contributed by atoms with van der Waals surface area (Å²) in [6.45, 7) is 5.56. The number of anilines is 1. The van der Waals surface area contributed by atoms with Gasteiger partial charge >= 0.3 is 0 Å². The Kier molecular flexibility index (Phi) is 6.05. The number of hydrogen-bond acceptors (Lipinski definition) is 8. The molecule has 0 spiro atoms. The van der Waals surface area contributed by atoms with Gasteiger partial charge in [0.25, 0.3) is 0 Å². The van der Waals surface area contributed by atoms with Gasteiger partial charge in [-0.1, -0.05) is 0 Å². The Hall–Kier alpha value is -3.57. The third kappa shape index (κ3) is 4.62. The van der Waals surface area contributed by atoms with Crippen LogP contribution in [0.2, 0.25) is 0 Å². The molecule has 2 aromatic heterocycles. The van der Waals surface area contributed by atoms with Gasteiger partial charge in [0, 0.05) is 31.0 Å². The number of benzene rings is 1. The molecule has 3 aromatic rings. The van der Waals surface area contributed by atoms with E-state index in [-0.39, 0.29) is 0 Å². The van der Waals surface area contributed by atoms with Crippen LogP contribution in [0.3, 0.4) is 0 Å². The summed E-state index contributed by atoms with van der Waals surface area (Å²) in [6, 6.07) is 9.64. The molecule has 1 aromatic carbocycles. The van der Waals surface area contributed by atoms with Crippen molar-refractivity contribution in [3.8, 4) is 29.1 Å². The Bertz CT molecular complexity index is 1110. The maximum Gasteiger partial charge on any atom is 0.224 e. The van der Waals surface area contributed by atoms with E-state index in [9.17, 15) is 5.26 Å². The molecule has 1 fully saturated rings. The van der Waals surface area contributed by atoms with Gasteiger partial charge in [0.2, 0.25) is 5.88 Å². The summed E-state index contributed by atoms with van der Waals surface area (Å²) in [6.07, 6.45) is 6.53. The van der Waals surface area contributed by atoms with E-state index in [4.69, 9.17) is 10.5 Å². The second kappa shape index (κ2) is 9.06. The summed E-state index contributed by atoms with van der Waals surface area (Å²) in [5.41, 5.74) is 7.75. The van der Waals surface area contributed by atoms with Crippen LogP contribution in [0.15, 0.2) is 36.7 Å². The fourth-order valence-corrected chi connectivity index (χ4v) is 3.76. The number of ether oxygens (including phenoxy) is 1. The lowest BCUT2D eigenvalue weighted by atomic mass is 10.1. The number of nitrogens with zero attached hydrogens (tertiary/aromatic N) is 6. The standard InChI is InChI=1S/C23H25N7O/c1-15-4-3-9-30(15)21-11-22(29-16(2)28-21)31-20-10-17(12-25)5-6-19(20)23-26-13-18(7-8-24)14-27-23/h5-6,10-11,13-15H,3-4,7-9,24H2,1-2H3/t15-/m1/s1. The zero-order valence-electron chi connectivity index (χ0n) is 17.7. The molecule has 1 aliphatic heterocycles. The van der Waals surface area contributed by atoms with Crippen molar-refractivity contribution in [2.45, 2.75) is 39.2 Å². The molecule has 1 aliphatic rings. The molecule has 0 bridgehead atoms. The van der Waals surface area contributed by atoms with Gasteiger partial charge in [-0.15, -0.1) is 0 Å². The van der Waals surface area contributed by atoms with Gasteiger partial charge in [-0.25, -0.2) is 15.0 Å². The normalized spacial score (nSPS) is 15.7. The molecule has 3 heterocycles. The number of aryl methyl sites for hydroxylation is 1. The van der Waals surface area contributed by atoms with Crippen molar-refractivity contribution in [1.29, 1.82) is 5.26 Å². The second-order valence-electron chi connectivity index (χ2n) is 7.67. The highest BCUT2D eigenvalue weighted by atomic mass is 16.5. The molecular formula is C23H25N7O. The first-order valence-corrected chi connectivity index (χ1v) is 10.4. The van der Waals surface area contributed by atoms with Gasteiger partial charge in [-0.3, -0.25) is 0 Å². The van der Waals surface area contributed by atoms with Gasteiger partial charge < -0.3 is 15.4 Å². The minimum absolute atomic E-state index is 0.428. The van der Waals surface area contributed by atoms with Gasteiger partial charge in [0.05, 0.1) is 17.2 Å². The summed E-state index contributed by atoms with van der Waals surface area (Å²) in [5, 5.41) is 9.37. The number of hydrogen-bond donors (Lipinski definition) is 1.